The third-order valence-corrected chi connectivity index (χ3v) is 4.47. The molecule has 0 aliphatic heterocycles. The van der Waals surface area contributed by atoms with Gasteiger partial charge in [-0.05, 0) is 42.7 Å². The Hall–Kier alpha value is -0.950. The van der Waals surface area contributed by atoms with Crippen molar-refractivity contribution < 1.29 is 0 Å². The largest absolute Gasteiger partial charge is 0.357 e. The van der Waals surface area contributed by atoms with Crippen molar-refractivity contribution in [3.05, 3.63) is 34.5 Å². The summed E-state index contributed by atoms with van der Waals surface area (Å²) in [5.41, 5.74) is 4.04. The van der Waals surface area contributed by atoms with Crippen LogP contribution in [0.5, 0.6) is 0 Å². The number of hydrogen-bond acceptors (Lipinski definition) is 0. The van der Waals surface area contributed by atoms with Gasteiger partial charge in [0.2, 0.25) is 0 Å². The van der Waals surface area contributed by atoms with Crippen LogP contribution in [-0.2, 0) is 12.8 Å². The summed E-state index contributed by atoms with van der Waals surface area (Å²) < 4.78 is 0. The minimum atomic E-state index is 0.771. The minimum absolute atomic E-state index is 0.771. The van der Waals surface area contributed by atoms with E-state index in [0.717, 1.165) is 22.4 Å². The summed E-state index contributed by atoms with van der Waals surface area (Å²) in [6, 6.07) is 6.21. The Balaban J connectivity index is 2.12. The van der Waals surface area contributed by atoms with E-state index in [1.54, 1.807) is 0 Å². The maximum absolute atomic E-state index is 6.24. The number of aryl methyl sites for hydroxylation is 1. The van der Waals surface area contributed by atoms with E-state index in [-0.39, 0.29) is 0 Å². The Kier molecular flexibility index (Phi) is 2.67. The molecule has 1 unspecified atom stereocenters. The average Bonchev–Trinajstić information content (AvgIpc) is 2.68. The molecule has 17 heavy (non-hydrogen) atoms. The van der Waals surface area contributed by atoms with Crippen LogP contribution in [0.25, 0.3) is 10.9 Å². The molecule has 1 aromatic carbocycles. The second-order valence-corrected chi connectivity index (χ2v) is 5.90. The molecule has 0 radical (unpaired) electrons. The lowest BCUT2D eigenvalue weighted by Gasteiger charge is -2.25. The van der Waals surface area contributed by atoms with E-state index in [0.29, 0.717) is 0 Å². The van der Waals surface area contributed by atoms with E-state index in [1.165, 1.54) is 35.9 Å². The van der Waals surface area contributed by atoms with Gasteiger partial charge in [-0.15, -0.1) is 0 Å². The van der Waals surface area contributed by atoms with Crippen molar-refractivity contribution in [1.29, 1.82) is 0 Å². The molecular formula is C15H18ClN. The fraction of sp³-hybridized carbons (Fsp3) is 0.467. The molecule has 90 valence electrons. The fourth-order valence-electron chi connectivity index (χ4n) is 3.00. The lowest BCUT2D eigenvalue weighted by molar-refractivity contribution is 0.342. The number of hydrogen-bond donors (Lipinski definition) is 1. The fourth-order valence-corrected chi connectivity index (χ4v) is 3.22. The highest BCUT2D eigenvalue weighted by Crippen LogP contribution is 2.36. The Labute approximate surface area is 107 Å². The molecule has 1 aliphatic rings. The molecule has 0 spiro atoms. The van der Waals surface area contributed by atoms with Crippen LogP contribution < -0.4 is 0 Å². The molecule has 0 fully saturated rings. The number of H-pyrrole nitrogens is 1. The van der Waals surface area contributed by atoms with Crippen LogP contribution in [0, 0.1) is 11.8 Å². The molecule has 0 bridgehead atoms. The van der Waals surface area contributed by atoms with Gasteiger partial charge in [-0.3, -0.25) is 0 Å². The highest BCUT2D eigenvalue weighted by molar-refractivity contribution is 6.35. The standard InChI is InChI=1S/C15H18ClN/c1-9(2)10-6-7-14-12(8-10)11-4-3-5-13(16)15(11)17-14/h3-5,9-10,17H,6-8H2,1-2H3. The van der Waals surface area contributed by atoms with Crippen LogP contribution in [0.1, 0.15) is 31.5 Å². The summed E-state index contributed by atoms with van der Waals surface area (Å²) >= 11 is 6.24. The van der Waals surface area contributed by atoms with E-state index < -0.39 is 0 Å². The van der Waals surface area contributed by atoms with Crippen LogP contribution in [0.2, 0.25) is 5.02 Å². The number of rotatable bonds is 1. The summed E-state index contributed by atoms with van der Waals surface area (Å²) in [6.45, 7) is 4.66. The first-order valence-corrected chi connectivity index (χ1v) is 6.82. The van der Waals surface area contributed by atoms with Crippen LogP contribution in [0.4, 0.5) is 0 Å². The summed E-state index contributed by atoms with van der Waals surface area (Å²) in [5.74, 6) is 1.59. The normalized spacial score (nSPS) is 19.9. The average molecular weight is 248 g/mol. The van der Waals surface area contributed by atoms with Crippen molar-refractivity contribution in [2.24, 2.45) is 11.8 Å². The van der Waals surface area contributed by atoms with Gasteiger partial charge >= 0.3 is 0 Å². The van der Waals surface area contributed by atoms with Crippen molar-refractivity contribution in [3.63, 3.8) is 0 Å². The molecule has 2 heteroatoms. The first kappa shape index (κ1) is 11.2. The van der Waals surface area contributed by atoms with Gasteiger partial charge in [0, 0.05) is 11.1 Å². The molecule has 1 nitrogen and oxygen atoms in total. The first-order valence-electron chi connectivity index (χ1n) is 6.44. The lowest BCUT2D eigenvalue weighted by atomic mass is 9.80. The third-order valence-electron chi connectivity index (χ3n) is 4.15. The van der Waals surface area contributed by atoms with E-state index in [4.69, 9.17) is 11.6 Å². The molecule has 2 aromatic rings. The predicted octanol–water partition coefficient (Wildman–Crippen LogP) is 4.58. The Morgan fingerprint density at radius 2 is 2.18 bits per heavy atom. The molecule has 1 aliphatic carbocycles. The third kappa shape index (κ3) is 1.77. The van der Waals surface area contributed by atoms with Crippen LogP contribution in [0.15, 0.2) is 18.2 Å². The number of fused-ring (bicyclic) bond motifs is 3. The molecule has 1 heterocycles. The van der Waals surface area contributed by atoms with Crippen LogP contribution >= 0.6 is 11.6 Å². The van der Waals surface area contributed by atoms with Gasteiger partial charge in [0.05, 0.1) is 10.5 Å². The first-order chi connectivity index (χ1) is 8.16. The van der Waals surface area contributed by atoms with Crippen molar-refractivity contribution in [1.82, 2.24) is 4.98 Å². The van der Waals surface area contributed by atoms with Gasteiger partial charge in [-0.25, -0.2) is 0 Å². The van der Waals surface area contributed by atoms with E-state index in [2.05, 4.69) is 31.0 Å². The summed E-state index contributed by atoms with van der Waals surface area (Å²) in [4.78, 5) is 3.51. The highest BCUT2D eigenvalue weighted by Gasteiger charge is 2.24. The van der Waals surface area contributed by atoms with Crippen LogP contribution in [0.3, 0.4) is 0 Å². The molecule has 1 N–H and O–H groups in total. The van der Waals surface area contributed by atoms with Gasteiger partial charge in [0.15, 0.2) is 0 Å². The smallest absolute Gasteiger partial charge is 0.0648 e. The predicted molar refractivity (Wildman–Crippen MR) is 73.7 cm³/mol. The number of nitrogens with one attached hydrogen (secondary N) is 1. The molecule has 1 atom stereocenters. The lowest BCUT2D eigenvalue weighted by Crippen LogP contribution is -2.18. The number of aromatic amines is 1. The molecule has 3 rings (SSSR count). The SMILES string of the molecule is CC(C)C1CCc2[nH]c3c(Cl)cccc3c2C1. The van der Waals surface area contributed by atoms with Crippen LogP contribution in [-0.4, -0.2) is 4.98 Å². The molecule has 0 saturated carbocycles. The maximum atomic E-state index is 6.24. The molecule has 0 saturated heterocycles. The van der Waals surface area contributed by atoms with E-state index in [1.807, 2.05) is 6.07 Å². The minimum Gasteiger partial charge on any atom is -0.357 e. The monoisotopic (exact) mass is 247 g/mol. The summed E-state index contributed by atoms with van der Waals surface area (Å²) in [7, 11) is 0. The molecule has 1 aromatic heterocycles. The van der Waals surface area contributed by atoms with Gasteiger partial charge in [0.25, 0.3) is 0 Å². The van der Waals surface area contributed by atoms with Gasteiger partial charge < -0.3 is 4.98 Å². The highest BCUT2D eigenvalue weighted by atomic mass is 35.5. The zero-order valence-electron chi connectivity index (χ0n) is 10.4. The number of aromatic nitrogens is 1. The number of para-hydroxylation sites is 1. The zero-order valence-corrected chi connectivity index (χ0v) is 11.1. The van der Waals surface area contributed by atoms with Crippen molar-refractivity contribution >= 4 is 22.5 Å². The molecule has 0 amide bonds. The van der Waals surface area contributed by atoms with Gasteiger partial charge in [0.1, 0.15) is 0 Å². The summed E-state index contributed by atoms with van der Waals surface area (Å²) in [5, 5.41) is 2.18. The maximum Gasteiger partial charge on any atom is 0.0648 e. The van der Waals surface area contributed by atoms with Gasteiger partial charge in [-0.1, -0.05) is 37.6 Å². The number of benzene rings is 1. The van der Waals surface area contributed by atoms with Crippen molar-refractivity contribution in [3.8, 4) is 0 Å². The van der Waals surface area contributed by atoms with E-state index in [9.17, 15) is 0 Å². The second-order valence-electron chi connectivity index (χ2n) is 5.49. The Morgan fingerprint density at radius 1 is 1.35 bits per heavy atom. The van der Waals surface area contributed by atoms with Gasteiger partial charge in [-0.2, -0.15) is 0 Å². The second kappa shape index (κ2) is 4.06. The topological polar surface area (TPSA) is 15.8 Å². The quantitative estimate of drug-likeness (QED) is 0.759. The van der Waals surface area contributed by atoms with Crippen molar-refractivity contribution in [2.75, 3.05) is 0 Å². The Morgan fingerprint density at radius 3 is 2.94 bits per heavy atom. The number of halogens is 1. The Bertz CT molecular complexity index is 553. The van der Waals surface area contributed by atoms with E-state index >= 15 is 0 Å². The van der Waals surface area contributed by atoms with Crippen molar-refractivity contribution in [2.45, 2.75) is 33.1 Å². The molecular weight excluding hydrogens is 230 g/mol. The zero-order chi connectivity index (χ0) is 12.0. The summed E-state index contributed by atoms with van der Waals surface area (Å²) in [6.07, 6.45) is 3.67.